The minimum absolute atomic E-state index is 0.627. The molecule has 0 atom stereocenters. The topological polar surface area (TPSA) is 34.1 Å². The summed E-state index contributed by atoms with van der Waals surface area (Å²) in [5.74, 6) is -1.25. The van der Waals surface area contributed by atoms with Crippen molar-refractivity contribution < 1.29 is 9.59 Å². The monoisotopic (exact) mass is 186 g/mol. The van der Waals surface area contributed by atoms with Crippen LogP contribution < -0.4 is 0 Å². The number of rotatable bonds is 0. The molecule has 5 heteroatoms. The highest BCUT2D eigenvalue weighted by atomic mass is 35.5. The minimum atomic E-state index is -1.85. The molecule has 50 valence electrons. The molecule has 0 spiro atoms. The summed E-state index contributed by atoms with van der Waals surface area (Å²) in [7, 11) is 0. The molecule has 1 fully saturated rings. The van der Waals surface area contributed by atoms with Gasteiger partial charge in [0.15, 0.2) is 5.38 Å². The molecule has 1 aliphatic rings. The Labute approximate surface area is 66.1 Å². The highest BCUT2D eigenvalue weighted by Gasteiger charge is 2.59. The van der Waals surface area contributed by atoms with Crippen LogP contribution in [0.4, 0.5) is 0 Å². The Morgan fingerprint density at radius 1 is 1.22 bits per heavy atom. The third-order valence-electron chi connectivity index (χ3n) is 1.08. The molecule has 0 radical (unpaired) electrons. The summed E-state index contributed by atoms with van der Waals surface area (Å²) in [6, 6.07) is 0. The lowest BCUT2D eigenvalue weighted by Crippen LogP contribution is -2.58. The van der Waals surface area contributed by atoms with Crippen LogP contribution in [0.1, 0.15) is 0 Å². The summed E-state index contributed by atoms with van der Waals surface area (Å²) in [5.41, 5.74) is 0. The van der Waals surface area contributed by atoms with Crippen LogP contribution in [0.3, 0.4) is 0 Å². The van der Waals surface area contributed by atoms with Gasteiger partial charge in [-0.15, -0.1) is 11.6 Å². The van der Waals surface area contributed by atoms with E-state index in [0.717, 1.165) is 0 Å². The van der Waals surface area contributed by atoms with Gasteiger partial charge < -0.3 is 0 Å². The van der Waals surface area contributed by atoms with Gasteiger partial charge in [-0.2, -0.15) is 0 Å². The second-order valence-corrected chi connectivity index (χ2v) is 3.43. The lowest BCUT2D eigenvalue weighted by molar-refractivity contribution is -0.137. The first-order chi connectivity index (χ1) is 3.98. The van der Waals surface area contributed by atoms with Gasteiger partial charge in [0, 0.05) is 0 Å². The lowest BCUT2D eigenvalue weighted by atomic mass is 9.94. The van der Waals surface area contributed by atoms with E-state index in [1.807, 2.05) is 0 Å². The molecule has 1 saturated carbocycles. The van der Waals surface area contributed by atoms with Crippen molar-refractivity contribution in [1.82, 2.24) is 0 Å². The normalized spacial score (nSPS) is 26.1. The summed E-state index contributed by atoms with van der Waals surface area (Å²) in [6.45, 7) is 0. The zero-order valence-corrected chi connectivity index (χ0v) is 6.30. The maximum atomic E-state index is 10.5. The van der Waals surface area contributed by atoms with Gasteiger partial charge in [-0.1, -0.05) is 23.2 Å². The van der Waals surface area contributed by atoms with Crippen molar-refractivity contribution in [3.63, 3.8) is 0 Å². The van der Waals surface area contributed by atoms with E-state index in [2.05, 4.69) is 0 Å². The summed E-state index contributed by atoms with van der Waals surface area (Å²) >= 11 is 15.5. The Kier molecular flexibility index (Phi) is 1.50. The third-order valence-corrected chi connectivity index (χ3v) is 2.22. The van der Waals surface area contributed by atoms with Crippen molar-refractivity contribution >= 4 is 46.4 Å². The zero-order valence-electron chi connectivity index (χ0n) is 4.03. The molecular formula is C4HCl3O2. The second-order valence-electron chi connectivity index (χ2n) is 1.67. The van der Waals surface area contributed by atoms with Gasteiger partial charge in [0.05, 0.1) is 0 Å². The fourth-order valence-electron chi connectivity index (χ4n) is 0.481. The lowest BCUT2D eigenvalue weighted by Gasteiger charge is -2.29. The molecule has 0 aromatic rings. The molecule has 0 aliphatic heterocycles. The average molecular weight is 187 g/mol. The first-order valence-corrected chi connectivity index (χ1v) is 3.27. The molecule has 0 aromatic heterocycles. The van der Waals surface area contributed by atoms with Gasteiger partial charge in [0.1, 0.15) is 0 Å². The van der Waals surface area contributed by atoms with Crippen molar-refractivity contribution in [3.8, 4) is 0 Å². The summed E-state index contributed by atoms with van der Waals surface area (Å²) in [4.78, 5) is 21.0. The van der Waals surface area contributed by atoms with Crippen LogP contribution in [0.25, 0.3) is 0 Å². The number of Topliss-reactive ketones (excluding diaryl/α,β-unsaturated/α-hetero) is 2. The Morgan fingerprint density at radius 2 is 1.56 bits per heavy atom. The van der Waals surface area contributed by atoms with Crippen molar-refractivity contribution in [2.45, 2.75) is 9.71 Å². The number of alkyl halides is 3. The van der Waals surface area contributed by atoms with E-state index in [1.165, 1.54) is 0 Å². The van der Waals surface area contributed by atoms with Crippen LogP contribution in [-0.2, 0) is 9.59 Å². The van der Waals surface area contributed by atoms with Gasteiger partial charge in [0.25, 0.3) is 0 Å². The van der Waals surface area contributed by atoms with E-state index in [4.69, 9.17) is 34.8 Å². The predicted octanol–water partition coefficient (Wildman–Crippen LogP) is 0.919. The molecule has 2 nitrogen and oxygen atoms in total. The molecule has 0 bridgehead atoms. The zero-order chi connectivity index (χ0) is 7.23. The molecule has 1 aliphatic carbocycles. The van der Waals surface area contributed by atoms with E-state index < -0.39 is 21.3 Å². The number of hydrogen-bond donors (Lipinski definition) is 0. The van der Waals surface area contributed by atoms with Gasteiger partial charge in [0.2, 0.25) is 15.9 Å². The maximum absolute atomic E-state index is 10.5. The molecule has 0 amide bonds. The number of hydrogen-bond acceptors (Lipinski definition) is 2. The van der Waals surface area contributed by atoms with Crippen LogP contribution in [0.15, 0.2) is 0 Å². The molecule has 0 heterocycles. The van der Waals surface area contributed by atoms with Crippen molar-refractivity contribution in [3.05, 3.63) is 0 Å². The summed E-state index contributed by atoms with van der Waals surface area (Å²) in [5, 5.41) is -1.13. The first kappa shape index (κ1) is 7.32. The Balaban J connectivity index is 2.86. The SMILES string of the molecule is O=C1C(Cl)C(=O)C1(Cl)Cl. The van der Waals surface area contributed by atoms with Crippen LogP contribution in [0, 0.1) is 0 Å². The smallest absolute Gasteiger partial charge is 0.237 e. The van der Waals surface area contributed by atoms with E-state index >= 15 is 0 Å². The highest BCUT2D eigenvalue weighted by molar-refractivity contribution is 6.79. The Bertz CT molecular complexity index is 168. The van der Waals surface area contributed by atoms with Crippen LogP contribution in [-0.4, -0.2) is 21.3 Å². The van der Waals surface area contributed by atoms with E-state index in [-0.39, 0.29) is 0 Å². The molecule has 0 aromatic carbocycles. The van der Waals surface area contributed by atoms with Crippen molar-refractivity contribution in [2.75, 3.05) is 0 Å². The van der Waals surface area contributed by atoms with E-state index in [9.17, 15) is 9.59 Å². The maximum Gasteiger partial charge on any atom is 0.237 e. The van der Waals surface area contributed by atoms with Gasteiger partial charge in [-0.25, -0.2) is 0 Å². The Morgan fingerprint density at radius 3 is 1.67 bits per heavy atom. The summed E-state index contributed by atoms with van der Waals surface area (Å²) in [6.07, 6.45) is 0. The quantitative estimate of drug-likeness (QED) is 0.417. The number of carbonyl (C=O) groups excluding carboxylic acids is 2. The third kappa shape index (κ3) is 0.775. The predicted molar refractivity (Wildman–Crippen MR) is 34.1 cm³/mol. The van der Waals surface area contributed by atoms with Crippen LogP contribution in [0.2, 0.25) is 0 Å². The number of carbonyl (C=O) groups is 2. The fourth-order valence-corrected chi connectivity index (χ4v) is 1.47. The van der Waals surface area contributed by atoms with Gasteiger partial charge in [-0.3, -0.25) is 9.59 Å². The number of halogens is 3. The summed E-state index contributed by atoms with van der Waals surface area (Å²) < 4.78 is -1.85. The van der Waals surface area contributed by atoms with Gasteiger partial charge in [-0.05, 0) is 0 Å². The van der Waals surface area contributed by atoms with E-state index in [0.29, 0.717) is 0 Å². The second kappa shape index (κ2) is 1.84. The molecular weight excluding hydrogens is 186 g/mol. The molecule has 1 rings (SSSR count). The number of ketones is 2. The first-order valence-electron chi connectivity index (χ1n) is 2.08. The molecule has 0 unspecified atom stereocenters. The molecule has 9 heavy (non-hydrogen) atoms. The molecule has 0 saturated heterocycles. The van der Waals surface area contributed by atoms with E-state index in [1.54, 1.807) is 0 Å². The molecule has 0 N–H and O–H groups in total. The standard InChI is InChI=1S/C4HCl3O2/c5-1-2(8)4(6,7)3(1)9/h1H. The van der Waals surface area contributed by atoms with Gasteiger partial charge >= 0.3 is 0 Å². The largest absolute Gasteiger partial charge is 0.294 e. The average Bonchev–Trinajstić information content (AvgIpc) is 1.84. The Hall–Kier alpha value is 0.210. The van der Waals surface area contributed by atoms with Crippen LogP contribution >= 0.6 is 34.8 Å². The minimum Gasteiger partial charge on any atom is -0.294 e. The van der Waals surface area contributed by atoms with Crippen molar-refractivity contribution in [1.29, 1.82) is 0 Å². The van der Waals surface area contributed by atoms with Crippen LogP contribution in [0.5, 0.6) is 0 Å². The fraction of sp³-hybridized carbons (Fsp3) is 0.500. The van der Waals surface area contributed by atoms with Crippen molar-refractivity contribution in [2.24, 2.45) is 0 Å². The highest BCUT2D eigenvalue weighted by Crippen LogP contribution is 2.38.